The Morgan fingerprint density at radius 2 is 1.68 bits per heavy atom. The number of amides is 2. The number of piperazine rings is 1. The van der Waals surface area contributed by atoms with E-state index >= 15 is 0 Å². The first kappa shape index (κ1) is 27.6. The molecule has 3 aromatic carbocycles. The van der Waals surface area contributed by atoms with E-state index in [1.807, 2.05) is 101 Å². The minimum Gasteiger partial charge on any atom is -0.496 e. The first-order chi connectivity index (χ1) is 18.5. The molecule has 6 nitrogen and oxygen atoms in total. The molecule has 4 rings (SSSR count). The molecule has 0 radical (unpaired) electrons. The van der Waals surface area contributed by atoms with Gasteiger partial charge in [0.1, 0.15) is 5.75 Å². The maximum absolute atomic E-state index is 13.3. The summed E-state index contributed by atoms with van der Waals surface area (Å²) in [6.07, 6.45) is 4.40. The molecular formula is C31H34BrN3O3. The minimum absolute atomic E-state index is 0.0621. The second-order valence-corrected chi connectivity index (χ2v) is 10.2. The molecule has 0 N–H and O–H groups in total. The van der Waals surface area contributed by atoms with Crippen LogP contribution in [0.4, 0.5) is 0 Å². The van der Waals surface area contributed by atoms with E-state index in [0.29, 0.717) is 38.2 Å². The minimum atomic E-state index is 0.0621. The molecular weight excluding hydrogens is 542 g/mol. The number of halogens is 1. The molecule has 0 spiro atoms. The van der Waals surface area contributed by atoms with Gasteiger partial charge in [0.15, 0.2) is 0 Å². The van der Waals surface area contributed by atoms with Crippen LogP contribution in [0.1, 0.15) is 21.5 Å². The quantitative estimate of drug-likeness (QED) is 0.341. The van der Waals surface area contributed by atoms with E-state index in [1.54, 1.807) is 7.11 Å². The molecule has 198 valence electrons. The number of rotatable bonds is 10. The van der Waals surface area contributed by atoms with Gasteiger partial charge in [0.2, 0.25) is 5.91 Å². The van der Waals surface area contributed by atoms with Crippen molar-refractivity contribution in [3.05, 3.63) is 106 Å². The number of carbonyl (C=O) groups excluding carboxylic acids is 2. The number of nitrogens with zero attached hydrogens (tertiary/aromatic N) is 3. The molecule has 3 aromatic rings. The van der Waals surface area contributed by atoms with E-state index < -0.39 is 0 Å². The van der Waals surface area contributed by atoms with Crippen LogP contribution in [0.5, 0.6) is 5.75 Å². The lowest BCUT2D eigenvalue weighted by atomic mass is 10.1. The number of hydrogen-bond donors (Lipinski definition) is 0. The first-order valence-electron chi connectivity index (χ1n) is 12.9. The van der Waals surface area contributed by atoms with Crippen LogP contribution in [0.15, 0.2) is 89.4 Å². The van der Waals surface area contributed by atoms with E-state index in [9.17, 15) is 9.59 Å². The Morgan fingerprint density at radius 3 is 2.42 bits per heavy atom. The highest BCUT2D eigenvalue weighted by Gasteiger charge is 2.23. The highest BCUT2D eigenvalue weighted by Crippen LogP contribution is 2.19. The predicted octanol–water partition coefficient (Wildman–Crippen LogP) is 5.00. The predicted molar refractivity (Wildman–Crippen MR) is 155 cm³/mol. The summed E-state index contributed by atoms with van der Waals surface area (Å²) in [5.41, 5.74) is 2.69. The van der Waals surface area contributed by atoms with Crippen LogP contribution >= 0.6 is 15.9 Å². The standard InChI is InChI=1S/C31H34BrN3O3/c1-38-29-15-6-5-11-26(29)13-8-16-34(30(36)23-25-9-3-2-4-10-25)20-17-33-18-21-35(22-19-33)31(37)27-12-7-14-28(32)24-27/h2-15,24H,16-23H2,1H3/b13-8+. The molecule has 0 unspecified atom stereocenters. The molecule has 1 aliphatic heterocycles. The average molecular weight is 577 g/mol. The van der Waals surface area contributed by atoms with E-state index in [-0.39, 0.29) is 11.8 Å². The maximum Gasteiger partial charge on any atom is 0.253 e. The molecule has 38 heavy (non-hydrogen) atoms. The van der Waals surface area contributed by atoms with Crippen LogP contribution < -0.4 is 4.74 Å². The molecule has 1 saturated heterocycles. The Bertz CT molecular complexity index is 1240. The number of hydrogen-bond acceptors (Lipinski definition) is 4. The number of methoxy groups -OCH3 is 1. The lowest BCUT2D eigenvalue weighted by Gasteiger charge is -2.36. The Labute approximate surface area is 233 Å². The van der Waals surface area contributed by atoms with Gasteiger partial charge in [0, 0.05) is 61.4 Å². The molecule has 0 saturated carbocycles. The molecule has 0 aliphatic carbocycles. The van der Waals surface area contributed by atoms with E-state index in [2.05, 4.69) is 20.8 Å². The zero-order chi connectivity index (χ0) is 26.7. The van der Waals surface area contributed by atoms with Crippen LogP contribution in [0, 0.1) is 0 Å². The van der Waals surface area contributed by atoms with Crippen molar-refractivity contribution in [3.8, 4) is 5.75 Å². The van der Waals surface area contributed by atoms with Gasteiger partial charge in [-0.2, -0.15) is 0 Å². The molecule has 2 amide bonds. The monoisotopic (exact) mass is 575 g/mol. The lowest BCUT2D eigenvalue weighted by Crippen LogP contribution is -2.50. The molecule has 1 heterocycles. The van der Waals surface area contributed by atoms with Gasteiger partial charge in [-0.1, -0.05) is 82.7 Å². The Morgan fingerprint density at radius 1 is 0.947 bits per heavy atom. The summed E-state index contributed by atoms with van der Waals surface area (Å²) in [5.74, 6) is 0.970. The molecule has 0 bridgehead atoms. The van der Waals surface area contributed by atoms with Gasteiger partial charge in [-0.25, -0.2) is 0 Å². The van der Waals surface area contributed by atoms with Crippen molar-refractivity contribution in [3.63, 3.8) is 0 Å². The summed E-state index contributed by atoms with van der Waals surface area (Å²) in [6, 6.07) is 25.2. The van der Waals surface area contributed by atoms with Gasteiger partial charge in [-0.3, -0.25) is 14.5 Å². The molecule has 1 fully saturated rings. The van der Waals surface area contributed by atoms with Crippen molar-refractivity contribution >= 4 is 33.8 Å². The highest BCUT2D eigenvalue weighted by atomic mass is 79.9. The highest BCUT2D eigenvalue weighted by molar-refractivity contribution is 9.10. The summed E-state index contributed by atoms with van der Waals surface area (Å²) in [5, 5.41) is 0. The second kappa shape index (κ2) is 13.9. The van der Waals surface area contributed by atoms with Gasteiger partial charge < -0.3 is 14.5 Å². The van der Waals surface area contributed by atoms with Crippen molar-refractivity contribution in [1.82, 2.24) is 14.7 Å². The summed E-state index contributed by atoms with van der Waals surface area (Å²) in [4.78, 5) is 32.3. The van der Waals surface area contributed by atoms with Crippen molar-refractivity contribution in [2.24, 2.45) is 0 Å². The van der Waals surface area contributed by atoms with Gasteiger partial charge in [-0.05, 0) is 29.8 Å². The summed E-state index contributed by atoms with van der Waals surface area (Å²) in [7, 11) is 1.66. The molecule has 7 heteroatoms. The Balaban J connectivity index is 1.35. The Hall–Kier alpha value is -3.42. The maximum atomic E-state index is 13.3. The zero-order valence-electron chi connectivity index (χ0n) is 21.8. The topological polar surface area (TPSA) is 53.1 Å². The van der Waals surface area contributed by atoms with Crippen LogP contribution in [0.2, 0.25) is 0 Å². The number of ether oxygens (including phenoxy) is 1. The van der Waals surface area contributed by atoms with Gasteiger partial charge >= 0.3 is 0 Å². The van der Waals surface area contributed by atoms with Crippen molar-refractivity contribution < 1.29 is 14.3 Å². The SMILES string of the molecule is COc1ccccc1/C=C/CN(CCN1CCN(C(=O)c2cccc(Br)c2)CC1)C(=O)Cc1ccccc1. The van der Waals surface area contributed by atoms with Gasteiger partial charge in [-0.15, -0.1) is 0 Å². The van der Waals surface area contributed by atoms with Crippen LogP contribution in [-0.4, -0.2) is 79.4 Å². The van der Waals surface area contributed by atoms with Crippen molar-refractivity contribution in [2.75, 3.05) is 52.9 Å². The lowest BCUT2D eigenvalue weighted by molar-refractivity contribution is -0.130. The first-order valence-corrected chi connectivity index (χ1v) is 13.7. The van der Waals surface area contributed by atoms with Crippen LogP contribution in [-0.2, 0) is 11.2 Å². The third-order valence-electron chi connectivity index (χ3n) is 6.73. The van der Waals surface area contributed by atoms with Crippen molar-refractivity contribution in [2.45, 2.75) is 6.42 Å². The number of benzene rings is 3. The third-order valence-corrected chi connectivity index (χ3v) is 7.22. The van der Waals surface area contributed by atoms with Crippen LogP contribution in [0.25, 0.3) is 6.08 Å². The van der Waals surface area contributed by atoms with Gasteiger partial charge in [0.05, 0.1) is 13.5 Å². The van der Waals surface area contributed by atoms with Gasteiger partial charge in [0.25, 0.3) is 5.91 Å². The third kappa shape index (κ3) is 7.79. The summed E-state index contributed by atoms with van der Waals surface area (Å²) < 4.78 is 6.35. The molecule has 0 atom stereocenters. The normalized spacial score (nSPS) is 14.0. The average Bonchev–Trinajstić information content (AvgIpc) is 2.95. The van der Waals surface area contributed by atoms with E-state index in [4.69, 9.17) is 4.74 Å². The summed E-state index contributed by atoms with van der Waals surface area (Å²) >= 11 is 3.45. The fourth-order valence-corrected chi connectivity index (χ4v) is 4.95. The second-order valence-electron chi connectivity index (χ2n) is 9.29. The Kier molecular flexibility index (Phi) is 10.1. The molecule has 0 aromatic heterocycles. The van der Waals surface area contributed by atoms with E-state index in [0.717, 1.165) is 41.0 Å². The fraction of sp³-hybridized carbons (Fsp3) is 0.290. The van der Waals surface area contributed by atoms with Crippen molar-refractivity contribution in [1.29, 1.82) is 0 Å². The summed E-state index contributed by atoms with van der Waals surface area (Å²) in [6.45, 7) is 4.84. The van der Waals surface area contributed by atoms with E-state index in [1.165, 1.54) is 0 Å². The number of carbonyl (C=O) groups is 2. The largest absolute Gasteiger partial charge is 0.496 e. The fourth-order valence-electron chi connectivity index (χ4n) is 4.55. The van der Waals surface area contributed by atoms with Crippen LogP contribution in [0.3, 0.4) is 0 Å². The zero-order valence-corrected chi connectivity index (χ0v) is 23.3. The number of para-hydroxylation sites is 1. The smallest absolute Gasteiger partial charge is 0.253 e. The molecule has 1 aliphatic rings.